The van der Waals surface area contributed by atoms with Crippen molar-refractivity contribution in [3.8, 4) is 0 Å². The molecule has 0 saturated heterocycles. The summed E-state index contributed by atoms with van der Waals surface area (Å²) in [7, 11) is 1.64. The second-order valence-corrected chi connectivity index (χ2v) is 4.33. The third kappa shape index (κ3) is 3.74. The minimum Gasteiger partial charge on any atom is -0.395 e. The average Bonchev–Trinajstić information content (AvgIpc) is 2.00. The molecule has 0 fully saturated rings. The van der Waals surface area contributed by atoms with Gasteiger partial charge in [0.05, 0.1) is 12.6 Å². The number of amides is 1. The number of likely N-dealkylation sites (N-methyl/N-ethyl adjacent to an activating group) is 1. The van der Waals surface area contributed by atoms with Gasteiger partial charge in [-0.1, -0.05) is 20.8 Å². The third-order valence-electron chi connectivity index (χ3n) is 2.01. The average molecular weight is 188 g/mol. The maximum Gasteiger partial charge on any atom is 0.239 e. The lowest BCUT2D eigenvalue weighted by Crippen LogP contribution is -2.49. The highest BCUT2D eigenvalue weighted by Gasteiger charge is 2.29. The van der Waals surface area contributed by atoms with Gasteiger partial charge in [-0.05, 0) is 5.41 Å². The molecule has 0 aliphatic carbocycles. The third-order valence-corrected chi connectivity index (χ3v) is 2.01. The Labute approximate surface area is 79.7 Å². The predicted molar refractivity (Wildman–Crippen MR) is 52.2 cm³/mol. The fraction of sp³-hybridized carbons (Fsp3) is 0.889. The van der Waals surface area contributed by atoms with Crippen LogP contribution in [0.5, 0.6) is 0 Å². The molecular formula is C9H20N2O2. The van der Waals surface area contributed by atoms with Crippen LogP contribution in [0.25, 0.3) is 0 Å². The van der Waals surface area contributed by atoms with E-state index in [9.17, 15) is 4.79 Å². The van der Waals surface area contributed by atoms with Crippen molar-refractivity contribution in [2.45, 2.75) is 26.8 Å². The zero-order valence-electron chi connectivity index (χ0n) is 8.87. The Kier molecular flexibility index (Phi) is 4.36. The number of carbonyl (C=O) groups is 1. The maximum atomic E-state index is 11.6. The number of hydrogen-bond acceptors (Lipinski definition) is 3. The lowest BCUT2D eigenvalue weighted by molar-refractivity contribution is -0.134. The van der Waals surface area contributed by atoms with Gasteiger partial charge in [0.2, 0.25) is 5.91 Å². The minimum atomic E-state index is -0.510. The van der Waals surface area contributed by atoms with E-state index in [4.69, 9.17) is 10.8 Å². The summed E-state index contributed by atoms with van der Waals surface area (Å²) >= 11 is 0. The molecule has 0 aromatic heterocycles. The van der Waals surface area contributed by atoms with Crippen molar-refractivity contribution in [1.29, 1.82) is 0 Å². The van der Waals surface area contributed by atoms with Crippen LogP contribution in [0.3, 0.4) is 0 Å². The second-order valence-electron chi connectivity index (χ2n) is 4.33. The van der Waals surface area contributed by atoms with E-state index in [1.54, 1.807) is 7.05 Å². The molecule has 0 aliphatic heterocycles. The highest BCUT2D eigenvalue weighted by atomic mass is 16.3. The van der Waals surface area contributed by atoms with Gasteiger partial charge < -0.3 is 15.7 Å². The van der Waals surface area contributed by atoms with Gasteiger partial charge in [-0.15, -0.1) is 0 Å². The van der Waals surface area contributed by atoms with Gasteiger partial charge in [-0.25, -0.2) is 0 Å². The number of carbonyl (C=O) groups excluding carboxylic acids is 1. The molecule has 1 amide bonds. The molecule has 0 aromatic carbocycles. The van der Waals surface area contributed by atoms with Crippen molar-refractivity contribution in [2.75, 3.05) is 20.2 Å². The number of hydrogen-bond donors (Lipinski definition) is 2. The molecule has 3 N–H and O–H groups in total. The minimum absolute atomic E-state index is 0.0287. The topological polar surface area (TPSA) is 66.6 Å². The lowest BCUT2D eigenvalue weighted by atomic mass is 9.86. The molecule has 0 bridgehead atoms. The van der Waals surface area contributed by atoms with E-state index in [0.29, 0.717) is 6.54 Å². The Balaban J connectivity index is 4.26. The summed E-state index contributed by atoms with van der Waals surface area (Å²) in [4.78, 5) is 13.0. The van der Waals surface area contributed by atoms with E-state index in [-0.39, 0.29) is 17.9 Å². The number of nitrogens with zero attached hydrogens (tertiary/aromatic N) is 1. The Bertz CT molecular complexity index is 175. The molecule has 0 unspecified atom stereocenters. The van der Waals surface area contributed by atoms with Crippen molar-refractivity contribution < 1.29 is 9.90 Å². The molecule has 0 spiro atoms. The van der Waals surface area contributed by atoms with Crippen LogP contribution in [0, 0.1) is 5.41 Å². The van der Waals surface area contributed by atoms with Crippen LogP contribution in [0.2, 0.25) is 0 Å². The van der Waals surface area contributed by atoms with Crippen LogP contribution in [0.1, 0.15) is 20.8 Å². The van der Waals surface area contributed by atoms with Crippen LogP contribution in [0.15, 0.2) is 0 Å². The highest BCUT2D eigenvalue weighted by Crippen LogP contribution is 2.18. The first-order valence-corrected chi connectivity index (χ1v) is 4.42. The standard InChI is InChI=1S/C9H20N2O2/c1-9(2,3)7(10)8(13)11(4)5-6-12/h7,12H,5-6,10H2,1-4H3/t7-/m1/s1. The van der Waals surface area contributed by atoms with Crippen molar-refractivity contribution in [3.05, 3.63) is 0 Å². The van der Waals surface area contributed by atoms with Crippen molar-refractivity contribution in [1.82, 2.24) is 4.90 Å². The van der Waals surface area contributed by atoms with Gasteiger partial charge in [0, 0.05) is 13.6 Å². The lowest BCUT2D eigenvalue weighted by Gasteiger charge is -2.29. The molecule has 0 heterocycles. The Hall–Kier alpha value is -0.610. The van der Waals surface area contributed by atoms with Crippen molar-refractivity contribution in [3.63, 3.8) is 0 Å². The normalized spacial score (nSPS) is 14.0. The Morgan fingerprint density at radius 3 is 2.31 bits per heavy atom. The van der Waals surface area contributed by atoms with Crippen LogP contribution < -0.4 is 5.73 Å². The molecule has 0 rings (SSSR count). The first-order valence-electron chi connectivity index (χ1n) is 4.42. The molecule has 4 heteroatoms. The van der Waals surface area contributed by atoms with Gasteiger partial charge >= 0.3 is 0 Å². The predicted octanol–water partition coefficient (Wildman–Crippen LogP) is -0.189. The summed E-state index contributed by atoms with van der Waals surface area (Å²) < 4.78 is 0. The zero-order valence-corrected chi connectivity index (χ0v) is 8.87. The van der Waals surface area contributed by atoms with Gasteiger partial charge in [-0.3, -0.25) is 4.79 Å². The molecule has 1 atom stereocenters. The van der Waals surface area contributed by atoms with Crippen molar-refractivity contribution >= 4 is 5.91 Å². The molecule has 13 heavy (non-hydrogen) atoms. The summed E-state index contributed by atoms with van der Waals surface area (Å²) in [6.07, 6.45) is 0. The number of aliphatic hydroxyl groups excluding tert-OH is 1. The Morgan fingerprint density at radius 1 is 1.54 bits per heavy atom. The fourth-order valence-corrected chi connectivity index (χ4v) is 0.868. The van der Waals surface area contributed by atoms with Crippen LogP contribution in [-0.4, -0.2) is 42.2 Å². The molecule has 0 aromatic rings. The van der Waals surface area contributed by atoms with E-state index >= 15 is 0 Å². The van der Waals surface area contributed by atoms with Gasteiger partial charge in [-0.2, -0.15) is 0 Å². The van der Waals surface area contributed by atoms with E-state index in [0.717, 1.165) is 0 Å². The SMILES string of the molecule is CN(CCO)C(=O)[C@@H](N)C(C)(C)C. The zero-order chi connectivity index (χ0) is 10.6. The van der Waals surface area contributed by atoms with Crippen molar-refractivity contribution in [2.24, 2.45) is 11.1 Å². The summed E-state index contributed by atoms with van der Waals surface area (Å²) in [6.45, 7) is 6.06. The summed E-state index contributed by atoms with van der Waals surface area (Å²) in [5, 5.41) is 8.64. The van der Waals surface area contributed by atoms with E-state index < -0.39 is 6.04 Å². The summed E-state index contributed by atoms with van der Waals surface area (Å²) in [6, 6.07) is -0.510. The fourth-order valence-electron chi connectivity index (χ4n) is 0.868. The number of rotatable bonds is 3. The highest BCUT2D eigenvalue weighted by molar-refractivity contribution is 5.82. The molecule has 0 aliphatic rings. The van der Waals surface area contributed by atoms with Gasteiger partial charge in [0.25, 0.3) is 0 Å². The number of nitrogens with two attached hydrogens (primary N) is 1. The van der Waals surface area contributed by atoms with Gasteiger partial charge in [0.1, 0.15) is 0 Å². The molecule has 78 valence electrons. The molecule has 4 nitrogen and oxygen atoms in total. The molecule has 0 radical (unpaired) electrons. The quantitative estimate of drug-likeness (QED) is 0.645. The first-order chi connectivity index (χ1) is 5.80. The first kappa shape index (κ1) is 12.4. The smallest absolute Gasteiger partial charge is 0.239 e. The van der Waals surface area contributed by atoms with Gasteiger partial charge in [0.15, 0.2) is 0 Å². The number of aliphatic hydroxyl groups is 1. The van der Waals surface area contributed by atoms with Crippen LogP contribution in [-0.2, 0) is 4.79 Å². The molecule has 0 saturated carbocycles. The maximum absolute atomic E-state index is 11.6. The van der Waals surface area contributed by atoms with Crippen LogP contribution in [0.4, 0.5) is 0 Å². The monoisotopic (exact) mass is 188 g/mol. The second kappa shape index (κ2) is 4.58. The largest absolute Gasteiger partial charge is 0.395 e. The van der Waals surface area contributed by atoms with E-state index in [1.165, 1.54) is 4.90 Å². The Morgan fingerprint density at radius 2 is 2.00 bits per heavy atom. The summed E-state index contributed by atoms with van der Waals surface area (Å²) in [5.74, 6) is -0.124. The van der Waals surface area contributed by atoms with E-state index in [2.05, 4.69) is 0 Å². The van der Waals surface area contributed by atoms with Crippen LogP contribution >= 0.6 is 0 Å². The molecular weight excluding hydrogens is 168 g/mol. The summed E-state index contributed by atoms with van der Waals surface area (Å²) in [5.41, 5.74) is 5.52. The van der Waals surface area contributed by atoms with E-state index in [1.807, 2.05) is 20.8 Å².